The molecular weight excluding hydrogens is 146 g/mol. The van der Waals surface area contributed by atoms with Gasteiger partial charge in [0.1, 0.15) is 0 Å². The lowest BCUT2D eigenvalue weighted by Crippen LogP contribution is -2.40. The van der Waals surface area contributed by atoms with E-state index in [9.17, 15) is 0 Å². The second-order valence-corrected chi connectivity index (χ2v) is 3.66. The molecule has 0 atom stereocenters. The summed E-state index contributed by atoms with van der Waals surface area (Å²) in [5, 5.41) is 3.31. The quantitative estimate of drug-likeness (QED) is 0.664. The summed E-state index contributed by atoms with van der Waals surface area (Å²) >= 11 is 0. The van der Waals surface area contributed by atoms with Crippen LogP contribution in [0.2, 0.25) is 0 Å². The summed E-state index contributed by atoms with van der Waals surface area (Å²) in [6.45, 7) is 6.73. The molecular formula is C11H15N. The summed E-state index contributed by atoms with van der Waals surface area (Å²) in [7, 11) is 0. The molecule has 2 rings (SSSR count). The normalized spacial score (nSPS) is 17.5. The Bertz CT molecular complexity index is 267. The standard InChI is InChI=1S/C11H15N/c1-8-4-3-5-9(2)11(8)10-6-12-7-10/h3-5,10,12H,6-7H2,1-2H3. The molecule has 0 saturated carbocycles. The lowest BCUT2D eigenvalue weighted by molar-refractivity contribution is 0.445. The summed E-state index contributed by atoms with van der Waals surface area (Å²) < 4.78 is 0. The van der Waals surface area contributed by atoms with E-state index in [0.29, 0.717) is 0 Å². The zero-order valence-electron chi connectivity index (χ0n) is 7.72. The number of hydrogen-bond acceptors (Lipinski definition) is 1. The maximum atomic E-state index is 3.31. The highest BCUT2D eigenvalue weighted by Crippen LogP contribution is 2.26. The van der Waals surface area contributed by atoms with Gasteiger partial charge in [0.15, 0.2) is 0 Å². The molecule has 1 aromatic carbocycles. The van der Waals surface area contributed by atoms with Crippen molar-refractivity contribution in [2.75, 3.05) is 13.1 Å². The fraction of sp³-hybridized carbons (Fsp3) is 0.455. The van der Waals surface area contributed by atoms with Gasteiger partial charge in [0, 0.05) is 19.0 Å². The van der Waals surface area contributed by atoms with Crippen molar-refractivity contribution >= 4 is 0 Å². The fourth-order valence-corrected chi connectivity index (χ4v) is 1.96. The molecule has 0 spiro atoms. The molecule has 1 N–H and O–H groups in total. The summed E-state index contributed by atoms with van der Waals surface area (Å²) in [6, 6.07) is 6.56. The van der Waals surface area contributed by atoms with E-state index in [-0.39, 0.29) is 0 Å². The average Bonchev–Trinajstić information content (AvgIpc) is 1.93. The van der Waals surface area contributed by atoms with Crippen molar-refractivity contribution in [2.24, 2.45) is 0 Å². The second kappa shape index (κ2) is 2.91. The molecule has 1 heteroatoms. The first-order chi connectivity index (χ1) is 5.79. The number of nitrogens with one attached hydrogen (secondary N) is 1. The van der Waals surface area contributed by atoms with Gasteiger partial charge in [-0.3, -0.25) is 0 Å². The second-order valence-electron chi connectivity index (χ2n) is 3.66. The molecule has 1 heterocycles. The zero-order chi connectivity index (χ0) is 8.55. The van der Waals surface area contributed by atoms with Crippen LogP contribution in [0.1, 0.15) is 22.6 Å². The van der Waals surface area contributed by atoms with Crippen molar-refractivity contribution in [1.82, 2.24) is 5.32 Å². The summed E-state index contributed by atoms with van der Waals surface area (Å²) in [4.78, 5) is 0. The molecule has 1 aromatic rings. The van der Waals surface area contributed by atoms with Gasteiger partial charge in [-0.05, 0) is 30.5 Å². The summed E-state index contributed by atoms with van der Waals surface area (Å²) in [5.41, 5.74) is 4.46. The minimum Gasteiger partial charge on any atom is -0.315 e. The Balaban J connectivity index is 2.39. The molecule has 0 aromatic heterocycles. The van der Waals surface area contributed by atoms with Gasteiger partial charge in [-0.2, -0.15) is 0 Å². The molecule has 1 saturated heterocycles. The predicted molar refractivity (Wildman–Crippen MR) is 51.5 cm³/mol. The minimum atomic E-state index is 0.770. The smallest absolute Gasteiger partial charge is 0.00937 e. The van der Waals surface area contributed by atoms with E-state index in [4.69, 9.17) is 0 Å². The van der Waals surface area contributed by atoms with Crippen LogP contribution in [0, 0.1) is 13.8 Å². The lowest BCUT2D eigenvalue weighted by atomic mass is 9.87. The number of benzene rings is 1. The Hall–Kier alpha value is -0.820. The third-order valence-corrected chi connectivity index (χ3v) is 2.73. The van der Waals surface area contributed by atoms with E-state index in [0.717, 1.165) is 19.0 Å². The highest BCUT2D eigenvalue weighted by Gasteiger charge is 2.21. The number of aryl methyl sites for hydroxylation is 2. The fourth-order valence-electron chi connectivity index (χ4n) is 1.96. The Morgan fingerprint density at radius 3 is 2.17 bits per heavy atom. The van der Waals surface area contributed by atoms with Crippen LogP contribution in [0.3, 0.4) is 0 Å². The first-order valence-electron chi connectivity index (χ1n) is 4.56. The van der Waals surface area contributed by atoms with Crippen LogP contribution in [0.25, 0.3) is 0 Å². The Morgan fingerprint density at radius 1 is 1.17 bits per heavy atom. The van der Waals surface area contributed by atoms with Gasteiger partial charge in [-0.25, -0.2) is 0 Å². The third-order valence-electron chi connectivity index (χ3n) is 2.73. The van der Waals surface area contributed by atoms with Gasteiger partial charge < -0.3 is 5.32 Å². The Labute approximate surface area is 73.8 Å². The van der Waals surface area contributed by atoms with E-state index in [1.807, 2.05) is 0 Å². The topological polar surface area (TPSA) is 12.0 Å². The highest BCUT2D eigenvalue weighted by molar-refractivity contribution is 5.38. The van der Waals surface area contributed by atoms with Crippen LogP contribution in [0.15, 0.2) is 18.2 Å². The molecule has 0 bridgehead atoms. The maximum Gasteiger partial charge on any atom is 0.00937 e. The molecule has 0 unspecified atom stereocenters. The van der Waals surface area contributed by atoms with E-state index in [2.05, 4.69) is 37.4 Å². The molecule has 1 fully saturated rings. The Kier molecular flexibility index (Phi) is 1.89. The van der Waals surface area contributed by atoms with Crippen molar-refractivity contribution in [1.29, 1.82) is 0 Å². The summed E-state index contributed by atoms with van der Waals surface area (Å²) in [6.07, 6.45) is 0. The van der Waals surface area contributed by atoms with E-state index < -0.39 is 0 Å². The predicted octanol–water partition coefficient (Wildman–Crippen LogP) is 1.99. The highest BCUT2D eigenvalue weighted by atomic mass is 14.9. The van der Waals surface area contributed by atoms with Gasteiger partial charge in [-0.15, -0.1) is 0 Å². The van der Waals surface area contributed by atoms with Crippen molar-refractivity contribution in [3.05, 3.63) is 34.9 Å². The van der Waals surface area contributed by atoms with Crippen molar-refractivity contribution in [3.8, 4) is 0 Å². The Morgan fingerprint density at radius 2 is 1.75 bits per heavy atom. The SMILES string of the molecule is Cc1cccc(C)c1C1CNC1. The van der Waals surface area contributed by atoms with E-state index in [1.54, 1.807) is 5.56 Å². The molecule has 0 radical (unpaired) electrons. The molecule has 1 aliphatic heterocycles. The van der Waals surface area contributed by atoms with Gasteiger partial charge in [0.25, 0.3) is 0 Å². The number of hydrogen-bond donors (Lipinski definition) is 1. The van der Waals surface area contributed by atoms with Crippen LogP contribution in [0.5, 0.6) is 0 Å². The van der Waals surface area contributed by atoms with Crippen LogP contribution in [-0.2, 0) is 0 Å². The van der Waals surface area contributed by atoms with Crippen molar-refractivity contribution in [2.45, 2.75) is 19.8 Å². The minimum absolute atomic E-state index is 0.770. The molecule has 0 amide bonds. The van der Waals surface area contributed by atoms with Crippen LogP contribution in [-0.4, -0.2) is 13.1 Å². The van der Waals surface area contributed by atoms with Crippen LogP contribution >= 0.6 is 0 Å². The van der Waals surface area contributed by atoms with E-state index in [1.165, 1.54) is 11.1 Å². The largest absolute Gasteiger partial charge is 0.315 e. The van der Waals surface area contributed by atoms with Gasteiger partial charge in [0.2, 0.25) is 0 Å². The van der Waals surface area contributed by atoms with Crippen LogP contribution in [0.4, 0.5) is 0 Å². The average molecular weight is 161 g/mol. The first kappa shape index (κ1) is 7.81. The molecule has 0 aliphatic carbocycles. The van der Waals surface area contributed by atoms with Crippen molar-refractivity contribution in [3.63, 3.8) is 0 Å². The molecule has 64 valence electrons. The van der Waals surface area contributed by atoms with Gasteiger partial charge in [0.05, 0.1) is 0 Å². The van der Waals surface area contributed by atoms with Gasteiger partial charge in [-0.1, -0.05) is 18.2 Å². The number of rotatable bonds is 1. The lowest BCUT2D eigenvalue weighted by Gasteiger charge is -2.30. The van der Waals surface area contributed by atoms with Crippen LogP contribution < -0.4 is 5.32 Å². The molecule has 1 nitrogen and oxygen atoms in total. The molecule has 1 aliphatic rings. The third kappa shape index (κ3) is 1.14. The monoisotopic (exact) mass is 161 g/mol. The molecule has 12 heavy (non-hydrogen) atoms. The van der Waals surface area contributed by atoms with Crippen molar-refractivity contribution < 1.29 is 0 Å². The summed E-state index contributed by atoms with van der Waals surface area (Å²) in [5.74, 6) is 0.770. The van der Waals surface area contributed by atoms with E-state index >= 15 is 0 Å². The maximum absolute atomic E-state index is 3.31. The zero-order valence-corrected chi connectivity index (χ0v) is 7.72. The first-order valence-corrected chi connectivity index (χ1v) is 4.56. The van der Waals surface area contributed by atoms with Gasteiger partial charge >= 0.3 is 0 Å².